The van der Waals surface area contributed by atoms with Gasteiger partial charge < -0.3 is 4.98 Å². The molecule has 0 bridgehead atoms. The number of nitrogens with one attached hydrogen (secondary N) is 1. The maximum absolute atomic E-state index is 12.8. The Hall–Kier alpha value is -2.67. The summed E-state index contributed by atoms with van der Waals surface area (Å²) >= 11 is 0. The second kappa shape index (κ2) is 6.25. The zero-order valence-corrected chi connectivity index (χ0v) is 13.8. The fourth-order valence-electron chi connectivity index (χ4n) is 3.42. The van der Waals surface area contributed by atoms with Gasteiger partial charge >= 0.3 is 6.18 Å². The molecule has 4 nitrogen and oxygen atoms in total. The highest BCUT2D eigenvalue weighted by molar-refractivity contribution is 5.85. The van der Waals surface area contributed by atoms with E-state index in [0.717, 1.165) is 16.3 Å². The molecule has 0 spiro atoms. The first-order valence-corrected chi connectivity index (χ1v) is 8.30. The molecule has 1 aromatic heterocycles. The van der Waals surface area contributed by atoms with Crippen LogP contribution >= 0.6 is 0 Å². The molecule has 0 aliphatic carbocycles. The molecule has 1 aliphatic heterocycles. The van der Waals surface area contributed by atoms with Crippen LogP contribution in [0.5, 0.6) is 0 Å². The molecule has 26 heavy (non-hydrogen) atoms. The SMILES string of the molecule is O=c1[nH]c(C(F)(F)F)nc2c1CN(Cc1cccc3ccccc13)CC2. The van der Waals surface area contributed by atoms with E-state index in [4.69, 9.17) is 0 Å². The van der Waals surface area contributed by atoms with Crippen molar-refractivity contribution in [2.45, 2.75) is 25.7 Å². The average Bonchev–Trinajstić information content (AvgIpc) is 2.61. The van der Waals surface area contributed by atoms with Crippen molar-refractivity contribution in [3.63, 3.8) is 0 Å². The lowest BCUT2D eigenvalue weighted by Gasteiger charge is -2.28. The summed E-state index contributed by atoms with van der Waals surface area (Å²) in [5.41, 5.74) is 0.993. The van der Waals surface area contributed by atoms with Crippen LogP contribution in [0.2, 0.25) is 0 Å². The van der Waals surface area contributed by atoms with Crippen LogP contribution in [-0.4, -0.2) is 21.4 Å². The highest BCUT2D eigenvalue weighted by atomic mass is 19.4. The van der Waals surface area contributed by atoms with E-state index in [-0.39, 0.29) is 5.69 Å². The number of aromatic amines is 1. The molecule has 1 N–H and O–H groups in total. The Morgan fingerprint density at radius 2 is 1.88 bits per heavy atom. The lowest BCUT2D eigenvalue weighted by atomic mass is 10.0. The Balaban J connectivity index is 1.62. The third-order valence-corrected chi connectivity index (χ3v) is 4.69. The van der Waals surface area contributed by atoms with E-state index in [9.17, 15) is 18.0 Å². The molecule has 0 saturated carbocycles. The standard InChI is InChI=1S/C19H16F3N3O/c20-19(21,22)18-23-16-8-9-25(11-15(16)17(26)24-18)10-13-6-3-5-12-4-1-2-7-14(12)13/h1-7H,8-11H2,(H,23,24,26). The van der Waals surface area contributed by atoms with Crippen molar-refractivity contribution < 1.29 is 13.2 Å². The lowest BCUT2D eigenvalue weighted by Crippen LogP contribution is -2.36. The summed E-state index contributed by atoms with van der Waals surface area (Å²) in [4.78, 5) is 19.7. The molecule has 0 amide bonds. The minimum Gasteiger partial charge on any atom is -0.303 e. The zero-order chi connectivity index (χ0) is 18.3. The van der Waals surface area contributed by atoms with Gasteiger partial charge in [0.1, 0.15) is 0 Å². The molecule has 0 atom stereocenters. The van der Waals surface area contributed by atoms with E-state index in [1.165, 1.54) is 0 Å². The molecule has 4 rings (SSSR count). The number of rotatable bonds is 2. The second-order valence-electron chi connectivity index (χ2n) is 6.44. The second-order valence-corrected chi connectivity index (χ2v) is 6.44. The summed E-state index contributed by atoms with van der Waals surface area (Å²) in [6.45, 7) is 1.48. The average molecular weight is 359 g/mol. The van der Waals surface area contributed by atoms with Gasteiger partial charge in [0.25, 0.3) is 5.56 Å². The minimum atomic E-state index is -4.64. The van der Waals surface area contributed by atoms with Crippen LogP contribution in [0, 0.1) is 0 Å². The van der Waals surface area contributed by atoms with Gasteiger partial charge in [-0.1, -0.05) is 42.5 Å². The first-order chi connectivity index (χ1) is 12.4. The molecule has 134 valence electrons. The first kappa shape index (κ1) is 16.8. The van der Waals surface area contributed by atoms with E-state index in [2.05, 4.69) is 9.88 Å². The van der Waals surface area contributed by atoms with Crippen molar-refractivity contribution in [3.8, 4) is 0 Å². The largest absolute Gasteiger partial charge is 0.449 e. The van der Waals surface area contributed by atoms with Crippen molar-refractivity contribution in [1.82, 2.24) is 14.9 Å². The van der Waals surface area contributed by atoms with E-state index in [1.807, 2.05) is 47.4 Å². The highest BCUT2D eigenvalue weighted by Gasteiger charge is 2.35. The molecule has 2 heterocycles. The highest BCUT2D eigenvalue weighted by Crippen LogP contribution is 2.27. The van der Waals surface area contributed by atoms with Crippen molar-refractivity contribution in [2.75, 3.05) is 6.54 Å². The van der Waals surface area contributed by atoms with Gasteiger partial charge in [-0.25, -0.2) is 4.98 Å². The molecule has 0 saturated heterocycles. The Morgan fingerprint density at radius 1 is 1.12 bits per heavy atom. The molecular formula is C19H16F3N3O. The number of alkyl halides is 3. The van der Waals surface area contributed by atoms with Crippen LogP contribution in [-0.2, 0) is 25.7 Å². The van der Waals surface area contributed by atoms with Crippen LogP contribution < -0.4 is 5.56 Å². The monoisotopic (exact) mass is 359 g/mol. The summed E-state index contributed by atoms with van der Waals surface area (Å²) < 4.78 is 38.4. The molecule has 3 aromatic rings. The van der Waals surface area contributed by atoms with E-state index < -0.39 is 17.6 Å². The van der Waals surface area contributed by atoms with Crippen molar-refractivity contribution in [1.29, 1.82) is 0 Å². The molecule has 2 aromatic carbocycles. The summed E-state index contributed by atoms with van der Waals surface area (Å²) in [5.74, 6) is -1.22. The number of halogens is 3. The molecule has 1 aliphatic rings. The topological polar surface area (TPSA) is 49.0 Å². The third-order valence-electron chi connectivity index (χ3n) is 4.69. The maximum Gasteiger partial charge on any atom is 0.449 e. The number of nitrogens with zero attached hydrogens (tertiary/aromatic N) is 2. The Bertz CT molecular complexity index is 1020. The first-order valence-electron chi connectivity index (χ1n) is 8.30. The van der Waals surface area contributed by atoms with Gasteiger partial charge in [-0.05, 0) is 16.3 Å². The summed E-state index contributed by atoms with van der Waals surface area (Å²) in [5, 5.41) is 2.27. The van der Waals surface area contributed by atoms with Crippen molar-refractivity contribution in [3.05, 3.63) is 75.5 Å². The molecule has 0 unspecified atom stereocenters. The summed E-state index contributed by atoms with van der Waals surface area (Å²) in [6, 6.07) is 14.1. The van der Waals surface area contributed by atoms with Gasteiger partial charge in [0, 0.05) is 26.1 Å². The molecule has 0 fully saturated rings. The van der Waals surface area contributed by atoms with Crippen LogP contribution in [0.4, 0.5) is 13.2 Å². The smallest absolute Gasteiger partial charge is 0.303 e. The van der Waals surface area contributed by atoms with Gasteiger partial charge in [-0.15, -0.1) is 0 Å². The van der Waals surface area contributed by atoms with Crippen molar-refractivity contribution >= 4 is 10.8 Å². The van der Waals surface area contributed by atoms with E-state index in [0.29, 0.717) is 31.6 Å². The summed E-state index contributed by atoms with van der Waals surface area (Å²) in [7, 11) is 0. The van der Waals surface area contributed by atoms with Gasteiger partial charge in [-0.2, -0.15) is 13.2 Å². The number of aromatic nitrogens is 2. The van der Waals surface area contributed by atoms with E-state index >= 15 is 0 Å². The molecular weight excluding hydrogens is 343 g/mol. The maximum atomic E-state index is 12.8. The predicted octanol–water partition coefficient (Wildman–Crippen LogP) is 3.50. The molecule has 0 radical (unpaired) electrons. The number of H-pyrrole nitrogens is 1. The van der Waals surface area contributed by atoms with Gasteiger partial charge in [0.05, 0.1) is 11.3 Å². The van der Waals surface area contributed by atoms with Gasteiger partial charge in [-0.3, -0.25) is 9.69 Å². The predicted molar refractivity (Wildman–Crippen MR) is 91.6 cm³/mol. The van der Waals surface area contributed by atoms with Crippen LogP contribution in [0.1, 0.15) is 22.6 Å². The fraction of sp³-hybridized carbons (Fsp3) is 0.263. The lowest BCUT2D eigenvalue weighted by molar-refractivity contribution is -0.145. The number of hydrogen-bond donors (Lipinski definition) is 1. The van der Waals surface area contributed by atoms with Gasteiger partial charge in [0.2, 0.25) is 5.82 Å². The number of benzene rings is 2. The number of hydrogen-bond acceptors (Lipinski definition) is 3. The quantitative estimate of drug-likeness (QED) is 0.762. The van der Waals surface area contributed by atoms with Gasteiger partial charge in [0.15, 0.2) is 0 Å². The fourth-order valence-corrected chi connectivity index (χ4v) is 3.42. The Morgan fingerprint density at radius 3 is 2.69 bits per heavy atom. The van der Waals surface area contributed by atoms with Crippen LogP contribution in [0.3, 0.4) is 0 Å². The van der Waals surface area contributed by atoms with Crippen LogP contribution in [0.25, 0.3) is 10.8 Å². The van der Waals surface area contributed by atoms with E-state index in [1.54, 1.807) is 0 Å². The third kappa shape index (κ3) is 3.10. The molecule has 7 heteroatoms. The minimum absolute atomic E-state index is 0.246. The normalized spacial score (nSPS) is 15.2. The van der Waals surface area contributed by atoms with Crippen LogP contribution in [0.15, 0.2) is 47.3 Å². The van der Waals surface area contributed by atoms with Crippen molar-refractivity contribution in [2.24, 2.45) is 0 Å². The Kier molecular flexibility index (Phi) is 4.03. The Labute approximate surface area is 147 Å². The zero-order valence-electron chi connectivity index (χ0n) is 13.8. The summed E-state index contributed by atoms with van der Waals surface area (Å²) in [6.07, 6.45) is -4.32. The number of fused-ring (bicyclic) bond motifs is 2.